The van der Waals surface area contributed by atoms with Crippen molar-refractivity contribution in [2.24, 2.45) is 0 Å². The first-order valence-corrected chi connectivity index (χ1v) is 13.3. The fourth-order valence-electron chi connectivity index (χ4n) is 5.36. The van der Waals surface area contributed by atoms with Crippen LogP contribution < -0.4 is 10.6 Å². The Hall–Kier alpha value is -2.92. The van der Waals surface area contributed by atoms with Crippen LogP contribution in [0.5, 0.6) is 0 Å². The van der Waals surface area contributed by atoms with Gasteiger partial charge in [-0.2, -0.15) is 0 Å². The number of hydrogen-bond donors (Lipinski definition) is 2. The molecule has 0 aromatic heterocycles. The Bertz CT molecular complexity index is 1040. The van der Waals surface area contributed by atoms with Gasteiger partial charge in [-0.1, -0.05) is 49.1 Å². The van der Waals surface area contributed by atoms with Gasteiger partial charge in [0.05, 0.1) is 0 Å². The van der Waals surface area contributed by atoms with E-state index in [0.29, 0.717) is 24.2 Å². The summed E-state index contributed by atoms with van der Waals surface area (Å²) in [6.45, 7) is 7.34. The molecular formula is C30H39N3O2. The SMILES string of the molecule is CCN(CC)C(=O)c1ccc(C(=C2CCNCC2)c2cccc(C(=O)NC3CCCCC3)c2)cc1. The van der Waals surface area contributed by atoms with Gasteiger partial charge in [0.15, 0.2) is 0 Å². The third kappa shape index (κ3) is 6.21. The quantitative estimate of drug-likeness (QED) is 0.565. The van der Waals surface area contributed by atoms with Crippen molar-refractivity contribution in [3.8, 4) is 0 Å². The summed E-state index contributed by atoms with van der Waals surface area (Å²) in [5.41, 5.74) is 6.20. The van der Waals surface area contributed by atoms with E-state index in [1.807, 2.05) is 49.1 Å². The second kappa shape index (κ2) is 12.2. The first-order chi connectivity index (χ1) is 17.1. The molecule has 186 valence electrons. The highest BCUT2D eigenvalue weighted by Crippen LogP contribution is 2.32. The molecule has 1 heterocycles. The van der Waals surface area contributed by atoms with Crippen LogP contribution in [-0.2, 0) is 0 Å². The Morgan fingerprint density at radius 2 is 1.49 bits per heavy atom. The van der Waals surface area contributed by atoms with Crippen LogP contribution in [0.4, 0.5) is 0 Å². The number of nitrogens with zero attached hydrogens (tertiary/aromatic N) is 1. The van der Waals surface area contributed by atoms with Gasteiger partial charge in [-0.25, -0.2) is 0 Å². The Morgan fingerprint density at radius 1 is 0.857 bits per heavy atom. The highest BCUT2D eigenvalue weighted by atomic mass is 16.2. The number of hydrogen-bond acceptors (Lipinski definition) is 3. The number of carbonyl (C=O) groups excluding carboxylic acids is 2. The Balaban J connectivity index is 1.64. The third-order valence-electron chi connectivity index (χ3n) is 7.39. The van der Waals surface area contributed by atoms with Crippen molar-refractivity contribution in [1.82, 2.24) is 15.5 Å². The molecule has 2 aromatic carbocycles. The second-order valence-corrected chi connectivity index (χ2v) is 9.67. The van der Waals surface area contributed by atoms with Gasteiger partial charge in [0, 0.05) is 30.3 Å². The topological polar surface area (TPSA) is 61.4 Å². The van der Waals surface area contributed by atoms with Crippen LogP contribution in [-0.4, -0.2) is 48.9 Å². The summed E-state index contributed by atoms with van der Waals surface area (Å²) in [4.78, 5) is 27.7. The number of benzene rings is 2. The number of rotatable bonds is 7. The molecule has 4 rings (SSSR count). The molecule has 2 amide bonds. The van der Waals surface area contributed by atoms with Crippen LogP contribution >= 0.6 is 0 Å². The van der Waals surface area contributed by atoms with Crippen LogP contribution in [0.1, 0.15) is 90.6 Å². The smallest absolute Gasteiger partial charge is 0.253 e. The van der Waals surface area contributed by atoms with Crippen LogP contribution in [0.3, 0.4) is 0 Å². The lowest BCUT2D eigenvalue weighted by molar-refractivity contribution is 0.0772. The van der Waals surface area contributed by atoms with E-state index in [4.69, 9.17) is 0 Å². The van der Waals surface area contributed by atoms with Crippen molar-refractivity contribution >= 4 is 17.4 Å². The molecular weight excluding hydrogens is 434 g/mol. The van der Waals surface area contributed by atoms with E-state index in [1.165, 1.54) is 30.4 Å². The number of nitrogens with one attached hydrogen (secondary N) is 2. The molecule has 0 radical (unpaired) electrons. The summed E-state index contributed by atoms with van der Waals surface area (Å²) < 4.78 is 0. The number of amides is 2. The van der Waals surface area contributed by atoms with Crippen molar-refractivity contribution in [1.29, 1.82) is 0 Å². The maximum atomic E-state index is 13.1. The van der Waals surface area contributed by atoms with Gasteiger partial charge in [0.25, 0.3) is 11.8 Å². The van der Waals surface area contributed by atoms with Crippen molar-refractivity contribution in [2.75, 3.05) is 26.2 Å². The molecule has 0 spiro atoms. The van der Waals surface area contributed by atoms with E-state index < -0.39 is 0 Å². The summed E-state index contributed by atoms with van der Waals surface area (Å²) in [6, 6.07) is 16.4. The van der Waals surface area contributed by atoms with Crippen molar-refractivity contribution in [3.63, 3.8) is 0 Å². The molecule has 0 bridgehead atoms. The van der Waals surface area contributed by atoms with Crippen LogP contribution in [0, 0.1) is 0 Å². The summed E-state index contributed by atoms with van der Waals surface area (Å²) in [5.74, 6) is 0.0904. The lowest BCUT2D eigenvalue weighted by Gasteiger charge is -2.24. The van der Waals surface area contributed by atoms with Gasteiger partial charge >= 0.3 is 0 Å². The molecule has 1 saturated heterocycles. The molecule has 1 saturated carbocycles. The summed E-state index contributed by atoms with van der Waals surface area (Å²) in [5, 5.41) is 6.70. The molecule has 35 heavy (non-hydrogen) atoms. The number of piperidine rings is 1. The molecule has 2 fully saturated rings. The maximum Gasteiger partial charge on any atom is 0.253 e. The van der Waals surface area contributed by atoms with Gasteiger partial charge in [0.2, 0.25) is 0 Å². The van der Waals surface area contributed by atoms with E-state index in [9.17, 15) is 9.59 Å². The van der Waals surface area contributed by atoms with Crippen molar-refractivity contribution in [2.45, 2.75) is 64.8 Å². The van der Waals surface area contributed by atoms with Gasteiger partial charge in [-0.15, -0.1) is 0 Å². The van der Waals surface area contributed by atoms with E-state index in [-0.39, 0.29) is 17.9 Å². The zero-order valence-corrected chi connectivity index (χ0v) is 21.2. The van der Waals surface area contributed by atoms with Crippen LogP contribution in [0.15, 0.2) is 54.1 Å². The van der Waals surface area contributed by atoms with Crippen LogP contribution in [0.2, 0.25) is 0 Å². The van der Waals surface area contributed by atoms with Gasteiger partial charge in [-0.05, 0) is 93.6 Å². The fraction of sp³-hybridized carbons (Fsp3) is 0.467. The van der Waals surface area contributed by atoms with E-state index in [1.54, 1.807) is 0 Å². The van der Waals surface area contributed by atoms with Gasteiger partial charge in [-0.3, -0.25) is 9.59 Å². The van der Waals surface area contributed by atoms with Gasteiger partial charge < -0.3 is 15.5 Å². The highest BCUT2D eigenvalue weighted by molar-refractivity contribution is 5.97. The summed E-state index contributed by atoms with van der Waals surface area (Å²) >= 11 is 0. The predicted octanol–water partition coefficient (Wildman–Crippen LogP) is 5.42. The molecule has 2 aromatic rings. The van der Waals surface area contributed by atoms with Gasteiger partial charge in [0.1, 0.15) is 0 Å². The molecule has 1 aliphatic heterocycles. The third-order valence-corrected chi connectivity index (χ3v) is 7.39. The van der Waals surface area contributed by atoms with E-state index in [0.717, 1.165) is 49.9 Å². The van der Waals surface area contributed by atoms with Crippen molar-refractivity contribution in [3.05, 3.63) is 76.4 Å². The monoisotopic (exact) mass is 473 g/mol. The lowest BCUT2D eigenvalue weighted by Crippen LogP contribution is -2.36. The zero-order chi connectivity index (χ0) is 24.6. The Labute approximate surface area is 210 Å². The first-order valence-electron chi connectivity index (χ1n) is 13.3. The van der Waals surface area contributed by atoms with E-state index >= 15 is 0 Å². The summed E-state index contributed by atoms with van der Waals surface area (Å²) in [6.07, 6.45) is 7.78. The average molecular weight is 474 g/mol. The minimum atomic E-state index is 0.0218. The maximum absolute atomic E-state index is 13.1. The molecule has 0 unspecified atom stereocenters. The molecule has 5 nitrogen and oxygen atoms in total. The molecule has 0 atom stereocenters. The standard InChI is InChI=1S/C30H39N3O2/c1-3-33(4-2)30(35)24-15-13-22(14-16-24)28(23-17-19-31-20-18-23)25-9-8-10-26(21-25)29(34)32-27-11-6-5-7-12-27/h8-10,13-16,21,27,31H,3-7,11-12,17-20H2,1-2H3,(H,32,34). The predicted molar refractivity (Wildman–Crippen MR) is 143 cm³/mol. The molecule has 5 heteroatoms. The second-order valence-electron chi connectivity index (χ2n) is 9.67. The minimum Gasteiger partial charge on any atom is -0.349 e. The zero-order valence-electron chi connectivity index (χ0n) is 21.2. The largest absolute Gasteiger partial charge is 0.349 e. The Kier molecular flexibility index (Phi) is 8.75. The van der Waals surface area contributed by atoms with Crippen LogP contribution in [0.25, 0.3) is 5.57 Å². The molecule has 2 aliphatic rings. The fourth-order valence-corrected chi connectivity index (χ4v) is 5.36. The molecule has 1 aliphatic carbocycles. The summed E-state index contributed by atoms with van der Waals surface area (Å²) in [7, 11) is 0. The number of carbonyl (C=O) groups is 2. The molecule has 2 N–H and O–H groups in total. The highest BCUT2D eigenvalue weighted by Gasteiger charge is 2.20. The minimum absolute atomic E-state index is 0.0218. The normalized spacial score (nSPS) is 16.6. The average Bonchev–Trinajstić information content (AvgIpc) is 2.91. The van der Waals surface area contributed by atoms with E-state index in [2.05, 4.69) is 28.8 Å². The first kappa shape index (κ1) is 25.2. The lowest BCUT2D eigenvalue weighted by atomic mass is 9.87. The Morgan fingerprint density at radius 3 is 2.14 bits per heavy atom. The van der Waals surface area contributed by atoms with Crippen molar-refractivity contribution < 1.29 is 9.59 Å².